The van der Waals surface area contributed by atoms with Crippen LogP contribution >= 0.6 is 0 Å². The van der Waals surface area contributed by atoms with Gasteiger partial charge >= 0.3 is 5.97 Å². The van der Waals surface area contributed by atoms with Crippen molar-refractivity contribution in [2.24, 2.45) is 0 Å². The number of carbonyl (C=O) groups is 2. The van der Waals surface area contributed by atoms with Crippen LogP contribution in [0.4, 0.5) is 0 Å². The number of rotatable bonds is 6. The van der Waals surface area contributed by atoms with E-state index in [0.717, 1.165) is 25.7 Å². The summed E-state index contributed by atoms with van der Waals surface area (Å²) >= 11 is 0. The van der Waals surface area contributed by atoms with E-state index in [0.29, 0.717) is 16.9 Å². The Hall–Kier alpha value is -3.12. The summed E-state index contributed by atoms with van der Waals surface area (Å²) in [4.78, 5) is 23.7. The van der Waals surface area contributed by atoms with Crippen molar-refractivity contribution < 1.29 is 24.5 Å². The number of carboxylic acid groups (broad SMARTS) is 1. The van der Waals surface area contributed by atoms with Gasteiger partial charge < -0.3 is 20.3 Å². The molecule has 3 rings (SSSR count). The average molecular weight is 381 g/mol. The van der Waals surface area contributed by atoms with Crippen molar-refractivity contribution in [3.8, 4) is 5.75 Å². The van der Waals surface area contributed by atoms with Crippen LogP contribution in [0.25, 0.3) is 6.08 Å². The minimum absolute atomic E-state index is 0.213. The van der Waals surface area contributed by atoms with E-state index in [1.165, 1.54) is 6.08 Å². The Labute approximate surface area is 163 Å². The fourth-order valence-electron chi connectivity index (χ4n) is 3.13. The summed E-state index contributed by atoms with van der Waals surface area (Å²) in [6.07, 6.45) is 4.33. The van der Waals surface area contributed by atoms with Crippen molar-refractivity contribution in [2.45, 2.75) is 37.9 Å². The number of aliphatic hydroxyl groups is 1. The van der Waals surface area contributed by atoms with Gasteiger partial charge in [-0.25, -0.2) is 4.79 Å². The van der Waals surface area contributed by atoms with Gasteiger partial charge in [0.05, 0.1) is 6.10 Å². The first-order chi connectivity index (χ1) is 13.5. The van der Waals surface area contributed by atoms with E-state index in [-0.39, 0.29) is 11.8 Å². The van der Waals surface area contributed by atoms with E-state index in [4.69, 9.17) is 4.74 Å². The van der Waals surface area contributed by atoms with Crippen LogP contribution in [0.3, 0.4) is 0 Å². The molecule has 146 valence electrons. The Kier molecular flexibility index (Phi) is 6.45. The molecule has 2 aromatic carbocycles. The lowest BCUT2D eigenvalue weighted by Gasteiger charge is -2.28. The fourth-order valence-corrected chi connectivity index (χ4v) is 3.13. The standard InChI is InChI=1S/C22H23NO5/c24-19-8-4-5-9-20(19)28-17-12-10-15(11-13-17)14-18(22(26)27)23-21(25)16-6-2-1-3-7-16/h1-3,6-7,10-14,19-20,24H,4-5,8-9H2,(H,23,25)(H,26,27)/b18-14+. The second-order valence-electron chi connectivity index (χ2n) is 6.76. The zero-order chi connectivity index (χ0) is 19.9. The average Bonchev–Trinajstić information content (AvgIpc) is 2.71. The largest absolute Gasteiger partial charge is 0.488 e. The van der Waals surface area contributed by atoms with Crippen molar-refractivity contribution in [2.75, 3.05) is 0 Å². The van der Waals surface area contributed by atoms with Crippen LogP contribution in [0.1, 0.15) is 41.6 Å². The molecule has 0 radical (unpaired) electrons. The molecular formula is C22H23NO5. The van der Waals surface area contributed by atoms with E-state index < -0.39 is 18.0 Å². The highest BCUT2D eigenvalue weighted by Gasteiger charge is 2.24. The van der Waals surface area contributed by atoms with E-state index in [2.05, 4.69) is 5.32 Å². The number of hydrogen-bond acceptors (Lipinski definition) is 4. The number of ether oxygens (including phenoxy) is 1. The minimum Gasteiger partial charge on any atom is -0.488 e. The fraction of sp³-hybridized carbons (Fsp3) is 0.273. The normalized spacial score (nSPS) is 19.7. The molecule has 0 bridgehead atoms. The van der Waals surface area contributed by atoms with E-state index in [1.807, 2.05) is 0 Å². The maximum absolute atomic E-state index is 12.2. The SMILES string of the molecule is O=C(O)/C(=C\c1ccc(OC2CCCCC2O)cc1)NC(=O)c1ccccc1. The molecule has 2 atom stereocenters. The van der Waals surface area contributed by atoms with Crippen molar-refractivity contribution in [1.29, 1.82) is 0 Å². The number of benzene rings is 2. The van der Waals surface area contributed by atoms with Gasteiger partial charge in [-0.05, 0) is 55.2 Å². The third-order valence-electron chi connectivity index (χ3n) is 4.66. The van der Waals surface area contributed by atoms with E-state index in [1.54, 1.807) is 54.6 Å². The lowest BCUT2D eigenvalue weighted by molar-refractivity contribution is -0.132. The maximum Gasteiger partial charge on any atom is 0.352 e. The van der Waals surface area contributed by atoms with Gasteiger partial charge in [0.25, 0.3) is 5.91 Å². The molecule has 0 saturated heterocycles. The number of amides is 1. The molecule has 28 heavy (non-hydrogen) atoms. The number of nitrogens with one attached hydrogen (secondary N) is 1. The number of aliphatic carboxylic acids is 1. The topological polar surface area (TPSA) is 95.9 Å². The molecular weight excluding hydrogens is 358 g/mol. The second kappa shape index (κ2) is 9.19. The van der Waals surface area contributed by atoms with Crippen molar-refractivity contribution in [3.63, 3.8) is 0 Å². The third-order valence-corrected chi connectivity index (χ3v) is 4.66. The van der Waals surface area contributed by atoms with Crippen LogP contribution in [0, 0.1) is 0 Å². The summed E-state index contributed by atoms with van der Waals surface area (Å²) in [5.41, 5.74) is 0.775. The van der Waals surface area contributed by atoms with Crippen molar-refractivity contribution in [1.82, 2.24) is 5.32 Å². The molecule has 0 aliphatic heterocycles. The van der Waals surface area contributed by atoms with Gasteiger partial charge in [-0.3, -0.25) is 4.79 Å². The molecule has 2 unspecified atom stereocenters. The van der Waals surface area contributed by atoms with Crippen molar-refractivity contribution in [3.05, 3.63) is 71.4 Å². The first kappa shape index (κ1) is 19.6. The third kappa shape index (κ3) is 5.20. The smallest absolute Gasteiger partial charge is 0.352 e. The molecule has 3 N–H and O–H groups in total. The predicted octanol–water partition coefficient (Wildman–Crippen LogP) is 3.22. The Bertz CT molecular complexity index is 845. The first-order valence-corrected chi connectivity index (χ1v) is 9.29. The van der Waals surface area contributed by atoms with Crippen LogP contribution in [-0.4, -0.2) is 34.3 Å². The Morgan fingerprint density at radius 2 is 1.68 bits per heavy atom. The molecule has 1 aliphatic rings. The summed E-state index contributed by atoms with van der Waals surface area (Å²) < 4.78 is 5.84. The molecule has 6 nitrogen and oxygen atoms in total. The summed E-state index contributed by atoms with van der Waals surface area (Å²) in [6, 6.07) is 15.3. The second-order valence-corrected chi connectivity index (χ2v) is 6.76. The van der Waals surface area contributed by atoms with Crippen LogP contribution in [0.15, 0.2) is 60.3 Å². The highest BCUT2D eigenvalue weighted by atomic mass is 16.5. The van der Waals surface area contributed by atoms with E-state index in [9.17, 15) is 19.8 Å². The van der Waals surface area contributed by atoms with Crippen molar-refractivity contribution >= 4 is 18.0 Å². The molecule has 6 heteroatoms. The summed E-state index contributed by atoms with van der Waals surface area (Å²) in [6.45, 7) is 0. The van der Waals surface area contributed by atoms with Gasteiger partial charge in [0.1, 0.15) is 17.6 Å². The Morgan fingerprint density at radius 3 is 2.32 bits per heavy atom. The van der Waals surface area contributed by atoms with Gasteiger partial charge in [0.15, 0.2) is 0 Å². The lowest BCUT2D eigenvalue weighted by Crippen LogP contribution is -2.34. The van der Waals surface area contributed by atoms with Crippen LogP contribution in [0.2, 0.25) is 0 Å². The van der Waals surface area contributed by atoms with Crippen LogP contribution in [-0.2, 0) is 4.79 Å². The van der Waals surface area contributed by atoms with Gasteiger partial charge in [0, 0.05) is 5.56 Å². The zero-order valence-electron chi connectivity index (χ0n) is 15.4. The Morgan fingerprint density at radius 1 is 1.00 bits per heavy atom. The summed E-state index contributed by atoms with van der Waals surface area (Å²) in [7, 11) is 0. The molecule has 1 aliphatic carbocycles. The van der Waals surface area contributed by atoms with Gasteiger partial charge in [-0.2, -0.15) is 0 Å². The molecule has 1 amide bonds. The van der Waals surface area contributed by atoms with E-state index >= 15 is 0 Å². The highest BCUT2D eigenvalue weighted by molar-refractivity contribution is 6.02. The summed E-state index contributed by atoms with van der Waals surface area (Å²) in [5.74, 6) is -1.09. The molecule has 0 spiro atoms. The molecule has 2 aromatic rings. The molecule has 1 fully saturated rings. The highest BCUT2D eigenvalue weighted by Crippen LogP contribution is 2.24. The summed E-state index contributed by atoms with van der Waals surface area (Å²) in [5, 5.41) is 21.8. The minimum atomic E-state index is -1.23. The monoisotopic (exact) mass is 381 g/mol. The molecule has 0 heterocycles. The number of carboxylic acids is 1. The maximum atomic E-state index is 12.2. The van der Waals surface area contributed by atoms with Gasteiger partial charge in [-0.15, -0.1) is 0 Å². The van der Waals surface area contributed by atoms with Gasteiger partial charge in [-0.1, -0.05) is 36.8 Å². The lowest BCUT2D eigenvalue weighted by atomic mass is 9.95. The molecule has 1 saturated carbocycles. The van der Waals surface area contributed by atoms with Gasteiger partial charge in [0.2, 0.25) is 0 Å². The Balaban J connectivity index is 1.69. The first-order valence-electron chi connectivity index (χ1n) is 9.29. The number of carbonyl (C=O) groups excluding carboxylic acids is 1. The quantitative estimate of drug-likeness (QED) is 0.668. The zero-order valence-corrected chi connectivity index (χ0v) is 15.4. The predicted molar refractivity (Wildman–Crippen MR) is 105 cm³/mol. The molecule has 0 aromatic heterocycles. The number of aliphatic hydroxyl groups excluding tert-OH is 1. The number of hydrogen-bond donors (Lipinski definition) is 3. The van der Waals surface area contributed by atoms with Crippen LogP contribution in [0.5, 0.6) is 5.75 Å². The van der Waals surface area contributed by atoms with Crippen LogP contribution < -0.4 is 10.1 Å².